The van der Waals surface area contributed by atoms with Crippen LogP contribution in [0.5, 0.6) is 5.75 Å². The number of carbonyl (C=O) groups is 2. The summed E-state index contributed by atoms with van der Waals surface area (Å²) in [5.41, 5.74) is 0.365. The van der Waals surface area contributed by atoms with E-state index in [0.717, 1.165) is 56.6 Å². The van der Waals surface area contributed by atoms with Crippen LogP contribution in [-0.2, 0) is 17.1 Å². The number of aliphatic carboxylic acids is 1. The van der Waals surface area contributed by atoms with Gasteiger partial charge in [0.1, 0.15) is 18.0 Å². The van der Waals surface area contributed by atoms with Gasteiger partial charge in [-0.25, -0.2) is 9.97 Å². The van der Waals surface area contributed by atoms with E-state index in [1.807, 2.05) is 24.3 Å². The summed E-state index contributed by atoms with van der Waals surface area (Å²) in [7, 11) is 0. The molecule has 1 aromatic heterocycles. The number of alkyl halides is 2. The molecule has 0 saturated carbocycles. The normalized spacial score (nSPS) is 14.6. The van der Waals surface area contributed by atoms with Gasteiger partial charge in [-0.15, -0.1) is 0 Å². The minimum absolute atomic E-state index is 0.230. The van der Waals surface area contributed by atoms with Crippen LogP contribution in [0.3, 0.4) is 0 Å². The quantitative estimate of drug-likeness (QED) is 0.300. The summed E-state index contributed by atoms with van der Waals surface area (Å²) in [5.74, 6) is -5.00. The lowest BCUT2D eigenvalue weighted by Crippen LogP contribution is -2.40. The molecule has 2 aromatic carbocycles. The number of carboxylic acids is 1. The highest BCUT2D eigenvalue weighted by Gasteiger charge is 2.46. The van der Waals surface area contributed by atoms with Crippen molar-refractivity contribution in [1.82, 2.24) is 15.3 Å². The van der Waals surface area contributed by atoms with Gasteiger partial charge in [-0.05, 0) is 62.8 Å². The molecule has 0 atom stereocenters. The largest absolute Gasteiger partial charge is 0.504 e. The highest BCUT2D eigenvalue weighted by atomic mass is 19.3. The maximum Gasteiger partial charge on any atom is 0.322 e. The third kappa shape index (κ3) is 6.79. The monoisotopic (exact) mass is 568 g/mol. The first kappa shape index (κ1) is 29.9. The van der Waals surface area contributed by atoms with Crippen molar-refractivity contribution < 1.29 is 33.7 Å². The number of hydrogen-bond acceptors (Lipinski definition) is 7. The Bertz CT molecular complexity index is 1400. The molecule has 0 spiro atoms. The molecule has 1 fully saturated rings. The first-order valence-electron chi connectivity index (χ1n) is 13.4. The Balaban J connectivity index is 1.36. The number of aromatic hydroxyl groups is 1. The minimum Gasteiger partial charge on any atom is -0.504 e. The van der Waals surface area contributed by atoms with E-state index >= 15 is 0 Å². The molecule has 1 saturated heterocycles. The first-order valence-corrected chi connectivity index (χ1v) is 13.4. The highest BCUT2D eigenvalue weighted by molar-refractivity contribution is 5.96. The number of nitrogens with one attached hydrogen (secondary N) is 1. The van der Waals surface area contributed by atoms with Gasteiger partial charge in [-0.2, -0.15) is 8.78 Å². The maximum absolute atomic E-state index is 14.4. The Labute approximate surface area is 236 Å². The molecule has 41 heavy (non-hydrogen) atoms. The van der Waals surface area contributed by atoms with E-state index in [4.69, 9.17) is 5.11 Å². The van der Waals surface area contributed by atoms with E-state index < -0.39 is 29.9 Å². The van der Waals surface area contributed by atoms with Crippen molar-refractivity contribution >= 4 is 17.6 Å². The molecule has 1 aliphatic heterocycles. The second-order valence-electron chi connectivity index (χ2n) is 10.9. The number of rotatable bonds is 9. The summed E-state index contributed by atoms with van der Waals surface area (Å²) in [6, 6.07) is 13.9. The molecule has 4 N–H and O–H groups in total. The lowest BCUT2D eigenvalue weighted by atomic mass is 9.92. The lowest BCUT2D eigenvalue weighted by molar-refractivity contribution is -0.168. The van der Waals surface area contributed by atoms with E-state index in [-0.39, 0.29) is 28.6 Å². The van der Waals surface area contributed by atoms with Crippen LogP contribution in [0.25, 0.3) is 11.1 Å². The summed E-state index contributed by atoms with van der Waals surface area (Å²) in [6.45, 7) is 4.77. The van der Waals surface area contributed by atoms with Crippen LogP contribution in [0.15, 0.2) is 48.5 Å². The number of nitrogens with zero attached hydrogens (tertiary/aromatic N) is 3. The van der Waals surface area contributed by atoms with Crippen LogP contribution in [0, 0.1) is 12.8 Å². The number of anilines is 1. The van der Waals surface area contributed by atoms with Crippen LogP contribution >= 0.6 is 0 Å². The molecule has 0 unspecified atom stereocenters. The molecule has 0 aliphatic carbocycles. The minimum atomic E-state index is -3.37. The fourth-order valence-electron chi connectivity index (χ4n) is 4.86. The predicted octanol–water partition coefficient (Wildman–Crippen LogP) is 4.29. The van der Waals surface area contributed by atoms with E-state index in [0.29, 0.717) is 12.2 Å². The fourth-order valence-corrected chi connectivity index (χ4v) is 4.86. The molecular weight excluding hydrogens is 534 g/mol. The van der Waals surface area contributed by atoms with Gasteiger partial charge in [0.2, 0.25) is 0 Å². The van der Waals surface area contributed by atoms with E-state index in [1.165, 1.54) is 12.1 Å². The van der Waals surface area contributed by atoms with Crippen molar-refractivity contribution in [3.05, 3.63) is 71.3 Å². The zero-order valence-corrected chi connectivity index (χ0v) is 23.2. The predicted molar refractivity (Wildman–Crippen MR) is 149 cm³/mol. The second kappa shape index (κ2) is 11.8. The van der Waals surface area contributed by atoms with Gasteiger partial charge in [-0.3, -0.25) is 9.59 Å². The summed E-state index contributed by atoms with van der Waals surface area (Å²) < 4.78 is 28.9. The molecule has 3 aromatic rings. The van der Waals surface area contributed by atoms with Crippen molar-refractivity contribution in [1.29, 1.82) is 0 Å². The molecule has 2 heterocycles. The third-order valence-electron chi connectivity index (χ3n) is 7.39. The van der Waals surface area contributed by atoms with Crippen molar-refractivity contribution in [2.45, 2.75) is 51.6 Å². The number of aliphatic hydroxyl groups is 1. The first-order chi connectivity index (χ1) is 19.3. The molecule has 0 bridgehead atoms. The van der Waals surface area contributed by atoms with Crippen molar-refractivity contribution in [3.8, 4) is 16.9 Å². The summed E-state index contributed by atoms with van der Waals surface area (Å²) in [5, 5.41) is 31.0. The van der Waals surface area contributed by atoms with Gasteiger partial charge >= 0.3 is 11.9 Å². The van der Waals surface area contributed by atoms with Gasteiger partial charge in [0.15, 0.2) is 11.4 Å². The van der Waals surface area contributed by atoms with Gasteiger partial charge in [-0.1, -0.05) is 36.4 Å². The number of aromatic nitrogens is 2. The van der Waals surface area contributed by atoms with E-state index in [2.05, 4.69) is 20.2 Å². The van der Waals surface area contributed by atoms with Gasteiger partial charge in [0.05, 0.1) is 5.69 Å². The zero-order chi connectivity index (χ0) is 29.9. The summed E-state index contributed by atoms with van der Waals surface area (Å²) in [4.78, 5) is 33.9. The molecule has 1 amide bonds. The van der Waals surface area contributed by atoms with Crippen molar-refractivity contribution in [3.63, 3.8) is 0 Å². The zero-order valence-electron chi connectivity index (χ0n) is 23.2. The Morgan fingerprint density at radius 1 is 1.00 bits per heavy atom. The number of piperidine rings is 1. The van der Waals surface area contributed by atoms with Crippen molar-refractivity contribution in [2.75, 3.05) is 24.5 Å². The molecule has 11 heteroatoms. The smallest absolute Gasteiger partial charge is 0.322 e. The Morgan fingerprint density at radius 3 is 2.10 bits per heavy atom. The van der Waals surface area contributed by atoms with Crippen LogP contribution in [-0.4, -0.2) is 62.4 Å². The molecular formula is C30H34F2N4O5. The van der Waals surface area contributed by atoms with E-state index in [1.54, 1.807) is 19.1 Å². The number of amides is 1. The van der Waals surface area contributed by atoms with Crippen molar-refractivity contribution in [2.24, 2.45) is 5.92 Å². The topological polar surface area (TPSA) is 136 Å². The lowest BCUT2D eigenvalue weighted by Gasteiger charge is -2.33. The van der Waals surface area contributed by atoms with Crippen LogP contribution in [0.1, 0.15) is 54.3 Å². The second-order valence-corrected chi connectivity index (χ2v) is 10.9. The molecule has 9 nitrogen and oxygen atoms in total. The maximum atomic E-state index is 14.4. The highest BCUT2D eigenvalue weighted by Crippen LogP contribution is 2.39. The summed E-state index contributed by atoms with van der Waals surface area (Å²) in [6.07, 6.45) is 2.25. The van der Waals surface area contributed by atoms with Gasteiger partial charge in [0.25, 0.3) is 5.91 Å². The third-order valence-corrected chi connectivity index (χ3v) is 7.39. The number of hydrogen-bond donors (Lipinski definition) is 4. The van der Waals surface area contributed by atoms with Crippen LogP contribution in [0.4, 0.5) is 14.5 Å². The number of aryl methyl sites for hydroxylation is 1. The fraction of sp³-hybridized carbons (Fsp3) is 0.400. The Kier molecular flexibility index (Phi) is 8.58. The standard InChI is InChI=1S/C30H34F2N4O5/c1-18-27(39)26(28(40)33-17-25(37)38)35-24(34-18)16-19-12-14-36(15-13-19)23-10-6-21(7-11-23)20-4-8-22(9-5-20)30(31,32)29(2,3)41/h4-11,19,39,41H,12-17H2,1-3H3,(H,33,40)(H,37,38). The molecule has 218 valence electrons. The van der Waals surface area contributed by atoms with Crippen LogP contribution in [0.2, 0.25) is 0 Å². The Morgan fingerprint density at radius 2 is 1.56 bits per heavy atom. The molecule has 1 aliphatic rings. The average Bonchev–Trinajstić information content (AvgIpc) is 2.93. The van der Waals surface area contributed by atoms with E-state index in [9.17, 15) is 28.6 Å². The Hall–Kier alpha value is -4.12. The number of halogens is 2. The van der Waals surface area contributed by atoms with Gasteiger partial charge < -0.3 is 25.5 Å². The molecule has 0 radical (unpaired) electrons. The average molecular weight is 569 g/mol. The van der Waals surface area contributed by atoms with Gasteiger partial charge in [0, 0.05) is 30.8 Å². The number of carbonyl (C=O) groups excluding carboxylic acids is 1. The van der Waals surface area contributed by atoms with Crippen LogP contribution < -0.4 is 10.2 Å². The number of carboxylic acid groups (broad SMARTS) is 1. The summed E-state index contributed by atoms with van der Waals surface area (Å²) >= 11 is 0. The molecule has 4 rings (SSSR count). The number of benzene rings is 2. The SMILES string of the molecule is Cc1nc(CC2CCN(c3ccc(-c4ccc(C(F)(F)C(C)(C)O)cc4)cc3)CC2)nc(C(=O)NCC(=O)O)c1O.